The standard InChI is InChI=1S/C13H12N2O3/c16-10-5-1-3-9-4-2-8-15(12(9)10)13(17)11-6-7-14-18-11/h1,3,5-7,16H,2,4,8H2. The van der Waals surface area contributed by atoms with Crippen molar-refractivity contribution in [2.75, 3.05) is 11.4 Å². The first-order valence-corrected chi connectivity index (χ1v) is 5.81. The fraction of sp³-hybridized carbons (Fsp3) is 0.231. The first-order valence-electron chi connectivity index (χ1n) is 5.81. The molecule has 2 aromatic rings. The van der Waals surface area contributed by atoms with Crippen LogP contribution in [0.1, 0.15) is 22.5 Å². The summed E-state index contributed by atoms with van der Waals surface area (Å²) in [5.74, 6) is 0.0427. The van der Waals surface area contributed by atoms with Crippen molar-refractivity contribution >= 4 is 11.6 Å². The summed E-state index contributed by atoms with van der Waals surface area (Å²) in [7, 11) is 0. The van der Waals surface area contributed by atoms with Gasteiger partial charge in [0.05, 0.1) is 11.9 Å². The van der Waals surface area contributed by atoms with Gasteiger partial charge in [0.25, 0.3) is 5.91 Å². The molecular formula is C13H12N2O3. The zero-order chi connectivity index (χ0) is 12.5. The second kappa shape index (κ2) is 4.18. The van der Waals surface area contributed by atoms with E-state index in [1.54, 1.807) is 17.0 Å². The topological polar surface area (TPSA) is 66.6 Å². The van der Waals surface area contributed by atoms with Crippen molar-refractivity contribution in [3.05, 3.63) is 41.8 Å². The SMILES string of the molecule is O=C(c1ccno1)N1CCCc2cccc(O)c21. The molecule has 92 valence electrons. The normalized spacial score (nSPS) is 14.3. The summed E-state index contributed by atoms with van der Waals surface area (Å²) in [6.07, 6.45) is 3.17. The molecule has 0 bridgehead atoms. The Balaban J connectivity index is 2.04. The fourth-order valence-electron chi connectivity index (χ4n) is 2.29. The quantitative estimate of drug-likeness (QED) is 0.832. The number of rotatable bonds is 1. The number of hydrogen-bond acceptors (Lipinski definition) is 4. The number of aromatic hydroxyl groups is 1. The van der Waals surface area contributed by atoms with Gasteiger partial charge in [0.15, 0.2) is 0 Å². The van der Waals surface area contributed by atoms with E-state index in [1.807, 2.05) is 6.07 Å². The van der Waals surface area contributed by atoms with Gasteiger partial charge in [0, 0.05) is 12.6 Å². The number of carbonyl (C=O) groups excluding carboxylic acids is 1. The molecule has 0 unspecified atom stereocenters. The number of phenolic OH excluding ortho intramolecular Hbond substituents is 1. The summed E-state index contributed by atoms with van der Waals surface area (Å²) >= 11 is 0. The second-order valence-electron chi connectivity index (χ2n) is 4.22. The van der Waals surface area contributed by atoms with Crippen molar-refractivity contribution < 1.29 is 14.4 Å². The second-order valence-corrected chi connectivity index (χ2v) is 4.22. The van der Waals surface area contributed by atoms with Crippen molar-refractivity contribution in [1.82, 2.24) is 5.16 Å². The van der Waals surface area contributed by atoms with E-state index in [4.69, 9.17) is 4.52 Å². The molecule has 0 spiro atoms. The Kier molecular flexibility index (Phi) is 2.51. The average Bonchev–Trinajstić information content (AvgIpc) is 2.91. The van der Waals surface area contributed by atoms with Crippen LogP contribution in [0, 0.1) is 0 Å². The Bertz CT molecular complexity index is 578. The number of benzene rings is 1. The minimum absolute atomic E-state index is 0.125. The maximum Gasteiger partial charge on any atom is 0.296 e. The monoisotopic (exact) mass is 244 g/mol. The zero-order valence-electron chi connectivity index (χ0n) is 9.67. The summed E-state index contributed by atoms with van der Waals surface area (Å²) < 4.78 is 4.88. The van der Waals surface area contributed by atoms with E-state index < -0.39 is 0 Å². The lowest BCUT2D eigenvalue weighted by atomic mass is 10.0. The van der Waals surface area contributed by atoms with Crippen LogP contribution in [-0.2, 0) is 6.42 Å². The molecule has 0 fully saturated rings. The molecule has 1 aliphatic heterocycles. The number of anilines is 1. The number of hydrogen-bond donors (Lipinski definition) is 1. The molecule has 0 aliphatic carbocycles. The van der Waals surface area contributed by atoms with Gasteiger partial charge in [-0.05, 0) is 24.5 Å². The number of carbonyl (C=O) groups is 1. The predicted octanol–water partition coefficient (Wildman–Crippen LogP) is 1.97. The molecule has 2 heterocycles. The van der Waals surface area contributed by atoms with Gasteiger partial charge in [-0.15, -0.1) is 0 Å². The lowest BCUT2D eigenvalue weighted by molar-refractivity contribution is 0.0948. The minimum Gasteiger partial charge on any atom is -0.506 e. The highest BCUT2D eigenvalue weighted by molar-refractivity contribution is 6.05. The number of amides is 1. The maximum absolute atomic E-state index is 12.3. The van der Waals surface area contributed by atoms with Crippen LogP contribution in [0.5, 0.6) is 5.75 Å². The Labute approximate surface area is 104 Å². The maximum atomic E-state index is 12.3. The molecule has 1 amide bonds. The Morgan fingerprint density at radius 2 is 2.28 bits per heavy atom. The van der Waals surface area contributed by atoms with E-state index in [0.717, 1.165) is 18.4 Å². The number of para-hydroxylation sites is 1. The van der Waals surface area contributed by atoms with E-state index in [-0.39, 0.29) is 17.4 Å². The van der Waals surface area contributed by atoms with Crippen molar-refractivity contribution in [2.45, 2.75) is 12.8 Å². The number of phenols is 1. The third-order valence-electron chi connectivity index (χ3n) is 3.09. The van der Waals surface area contributed by atoms with E-state index >= 15 is 0 Å². The fourth-order valence-corrected chi connectivity index (χ4v) is 2.29. The number of nitrogens with zero attached hydrogens (tertiary/aromatic N) is 2. The zero-order valence-corrected chi connectivity index (χ0v) is 9.67. The summed E-state index contributed by atoms with van der Waals surface area (Å²) in [6, 6.07) is 6.83. The van der Waals surface area contributed by atoms with E-state index in [1.165, 1.54) is 12.3 Å². The molecule has 1 aliphatic rings. The molecule has 0 atom stereocenters. The number of aryl methyl sites for hydroxylation is 1. The van der Waals surface area contributed by atoms with E-state index in [9.17, 15) is 9.90 Å². The molecule has 3 rings (SSSR count). The smallest absolute Gasteiger partial charge is 0.296 e. The van der Waals surface area contributed by atoms with Crippen LogP contribution in [-0.4, -0.2) is 22.7 Å². The van der Waals surface area contributed by atoms with Crippen LogP contribution >= 0.6 is 0 Å². The molecule has 5 heteroatoms. The van der Waals surface area contributed by atoms with Gasteiger partial charge < -0.3 is 14.5 Å². The molecule has 18 heavy (non-hydrogen) atoms. The average molecular weight is 244 g/mol. The molecule has 0 radical (unpaired) electrons. The lowest BCUT2D eigenvalue weighted by Gasteiger charge is -2.29. The summed E-state index contributed by atoms with van der Waals surface area (Å²) in [5.41, 5.74) is 1.57. The summed E-state index contributed by atoms with van der Waals surface area (Å²) in [6.45, 7) is 0.574. The van der Waals surface area contributed by atoms with Crippen LogP contribution in [0.3, 0.4) is 0 Å². The first kappa shape index (κ1) is 10.8. The molecular weight excluding hydrogens is 232 g/mol. The van der Waals surface area contributed by atoms with Crippen LogP contribution in [0.2, 0.25) is 0 Å². The van der Waals surface area contributed by atoms with Crippen molar-refractivity contribution in [1.29, 1.82) is 0 Å². The van der Waals surface area contributed by atoms with Crippen LogP contribution in [0.15, 0.2) is 35.0 Å². The van der Waals surface area contributed by atoms with Gasteiger partial charge in [-0.25, -0.2) is 0 Å². The molecule has 5 nitrogen and oxygen atoms in total. The van der Waals surface area contributed by atoms with Crippen molar-refractivity contribution in [3.63, 3.8) is 0 Å². The Hall–Kier alpha value is -2.30. The van der Waals surface area contributed by atoms with Crippen molar-refractivity contribution in [2.24, 2.45) is 0 Å². The highest BCUT2D eigenvalue weighted by Gasteiger charge is 2.27. The van der Waals surface area contributed by atoms with Gasteiger partial charge in [-0.1, -0.05) is 17.3 Å². The highest BCUT2D eigenvalue weighted by Crippen LogP contribution is 2.36. The van der Waals surface area contributed by atoms with Gasteiger partial charge in [0.2, 0.25) is 5.76 Å². The minimum atomic E-state index is -0.269. The predicted molar refractivity (Wildman–Crippen MR) is 64.6 cm³/mol. The Morgan fingerprint density at radius 1 is 1.39 bits per heavy atom. The molecule has 0 saturated carbocycles. The Morgan fingerprint density at radius 3 is 3.06 bits per heavy atom. The number of fused-ring (bicyclic) bond motifs is 1. The first-order chi connectivity index (χ1) is 8.77. The van der Waals surface area contributed by atoms with Gasteiger partial charge in [0.1, 0.15) is 5.75 Å². The van der Waals surface area contributed by atoms with Crippen LogP contribution in [0.25, 0.3) is 0 Å². The van der Waals surface area contributed by atoms with Gasteiger partial charge in [-0.3, -0.25) is 4.79 Å². The number of aromatic nitrogens is 1. The highest BCUT2D eigenvalue weighted by atomic mass is 16.5. The van der Waals surface area contributed by atoms with E-state index in [0.29, 0.717) is 12.2 Å². The summed E-state index contributed by atoms with van der Waals surface area (Å²) in [4.78, 5) is 13.8. The molecule has 1 aromatic heterocycles. The molecule has 0 saturated heterocycles. The van der Waals surface area contributed by atoms with Crippen LogP contribution < -0.4 is 4.90 Å². The third-order valence-corrected chi connectivity index (χ3v) is 3.09. The molecule has 1 aromatic carbocycles. The lowest BCUT2D eigenvalue weighted by Crippen LogP contribution is -2.35. The van der Waals surface area contributed by atoms with Gasteiger partial charge >= 0.3 is 0 Å². The third kappa shape index (κ3) is 1.64. The van der Waals surface area contributed by atoms with Crippen molar-refractivity contribution in [3.8, 4) is 5.75 Å². The summed E-state index contributed by atoms with van der Waals surface area (Å²) in [5, 5.41) is 13.5. The van der Waals surface area contributed by atoms with E-state index in [2.05, 4.69) is 5.16 Å². The molecule has 1 N–H and O–H groups in total. The van der Waals surface area contributed by atoms with Gasteiger partial charge in [-0.2, -0.15) is 0 Å². The largest absolute Gasteiger partial charge is 0.506 e. The van der Waals surface area contributed by atoms with Crippen LogP contribution in [0.4, 0.5) is 5.69 Å².